The first kappa shape index (κ1) is 44.2. The molecule has 7 heterocycles. The molecule has 0 saturated carbocycles. The highest BCUT2D eigenvalue weighted by Crippen LogP contribution is 2.45. The number of pyridine rings is 1. The minimum atomic E-state index is -1.41. The van der Waals surface area contributed by atoms with Crippen molar-refractivity contribution in [2.24, 2.45) is 34.7 Å². The summed E-state index contributed by atoms with van der Waals surface area (Å²) in [4.78, 5) is 66.2. The number of likely N-dealkylation sites (N-methyl/N-ethyl adjacent to an activating group) is 1. The maximum atomic E-state index is 14.9. The van der Waals surface area contributed by atoms with Gasteiger partial charge in [-0.1, -0.05) is 32.9 Å². The molecular formula is C43H62N6O11. The smallest absolute Gasteiger partial charge is 0.411 e. The Bertz CT molecular complexity index is 1930. The van der Waals surface area contributed by atoms with Gasteiger partial charge in [0.15, 0.2) is 17.5 Å². The summed E-state index contributed by atoms with van der Waals surface area (Å²) in [5, 5.41) is 16.4. The van der Waals surface area contributed by atoms with Crippen molar-refractivity contribution >= 4 is 34.7 Å². The number of oxime groups is 1. The molecule has 17 heteroatoms. The van der Waals surface area contributed by atoms with E-state index in [1.54, 1.807) is 45.4 Å². The molecule has 0 radical (unpaired) electrons. The van der Waals surface area contributed by atoms with Crippen LogP contribution in [0.15, 0.2) is 29.8 Å². The van der Waals surface area contributed by atoms with Gasteiger partial charge in [0.1, 0.15) is 30.1 Å². The van der Waals surface area contributed by atoms with Crippen molar-refractivity contribution in [1.29, 1.82) is 0 Å². The number of cyclic esters (lactones) is 1. The number of carbonyl (C=O) groups excluding carboxylic acids is 3. The van der Waals surface area contributed by atoms with Crippen molar-refractivity contribution in [3.8, 4) is 0 Å². The number of amides is 1. The van der Waals surface area contributed by atoms with E-state index in [9.17, 15) is 19.5 Å². The van der Waals surface area contributed by atoms with Gasteiger partial charge in [-0.3, -0.25) is 19.5 Å². The maximum absolute atomic E-state index is 14.9. The van der Waals surface area contributed by atoms with E-state index in [2.05, 4.69) is 15.0 Å². The number of aliphatic hydroxyl groups excluding tert-OH is 1. The molecule has 5 aliphatic rings. The zero-order chi connectivity index (χ0) is 43.3. The fourth-order valence-corrected chi connectivity index (χ4v) is 10.4. The predicted molar refractivity (Wildman–Crippen MR) is 216 cm³/mol. The van der Waals surface area contributed by atoms with Crippen LogP contribution in [0, 0.1) is 29.6 Å². The van der Waals surface area contributed by atoms with Gasteiger partial charge in [-0.15, -0.1) is 0 Å². The summed E-state index contributed by atoms with van der Waals surface area (Å²) in [6.45, 7) is 14.8. The molecule has 0 aliphatic carbocycles. The summed E-state index contributed by atoms with van der Waals surface area (Å²) in [6, 6.07) is 0.671. The lowest BCUT2D eigenvalue weighted by Crippen LogP contribution is -2.61. The molecule has 0 spiro atoms. The lowest BCUT2D eigenvalue weighted by Gasteiger charge is -2.48. The summed E-state index contributed by atoms with van der Waals surface area (Å²) in [5.41, 5.74) is -0.481. The van der Waals surface area contributed by atoms with Crippen molar-refractivity contribution in [2.75, 3.05) is 33.9 Å². The van der Waals surface area contributed by atoms with Crippen LogP contribution in [0.25, 0.3) is 11.2 Å². The van der Waals surface area contributed by atoms with E-state index < -0.39 is 89.6 Å². The number of hydrogen-bond donors (Lipinski definition) is 1. The standard InChI is InChI=1S/C43H62N6O11/c1-11-31-43(8)36-24(4)33(50)22(2)17-42(7)37(59-40-34(51)30(48(9)10)16-23(3)57-40)25(5)35(26(6)39(52)58-31)54-19-28(20-55-42)29(18-49(36)41(53)60-43)47-56-21-27-12-13-45-38-32(27)44-14-15-46-38/h12-15,22-26,28,30-31,34-37,40,51H,11,16-21H2,1-10H3/b47-29-/t22-,23-,24+,25+,26-,28?,30+,31-,34-,35+,36+,37-,40+,42?,43?/m1/s1. The van der Waals surface area contributed by atoms with Crippen molar-refractivity contribution < 1.29 is 52.7 Å². The van der Waals surface area contributed by atoms with E-state index in [1.165, 1.54) is 4.90 Å². The molecule has 15 atom stereocenters. The van der Waals surface area contributed by atoms with Crippen LogP contribution in [0.1, 0.15) is 80.2 Å². The molecule has 7 rings (SSSR count). The second-order valence-corrected chi connectivity index (χ2v) is 18.2. The first-order valence-electron chi connectivity index (χ1n) is 21.3. The number of rotatable bonds is 7. The normalized spacial score (nSPS) is 41.1. The van der Waals surface area contributed by atoms with Crippen molar-refractivity contribution in [1.82, 2.24) is 24.8 Å². The van der Waals surface area contributed by atoms with Gasteiger partial charge in [0, 0.05) is 53.9 Å². The quantitative estimate of drug-likeness (QED) is 0.311. The molecule has 330 valence electrons. The Morgan fingerprint density at radius 3 is 2.48 bits per heavy atom. The number of ketones is 1. The number of Topliss-reactive ketones (excluding diaryl/α,β-unsaturated/α-hetero) is 1. The Morgan fingerprint density at radius 1 is 1.02 bits per heavy atom. The van der Waals surface area contributed by atoms with Gasteiger partial charge in [0.05, 0.1) is 61.3 Å². The van der Waals surface area contributed by atoms with Gasteiger partial charge in [0.2, 0.25) is 0 Å². The van der Waals surface area contributed by atoms with E-state index in [1.807, 2.05) is 53.6 Å². The second-order valence-electron chi connectivity index (χ2n) is 18.2. The molecule has 6 bridgehead atoms. The minimum Gasteiger partial charge on any atom is -0.458 e. The number of esters is 1. The molecule has 2 aromatic heterocycles. The molecule has 1 amide bonds. The van der Waals surface area contributed by atoms with Gasteiger partial charge in [-0.05, 0) is 67.1 Å². The lowest BCUT2D eigenvalue weighted by molar-refractivity contribution is -0.302. The van der Waals surface area contributed by atoms with Crippen LogP contribution in [0.4, 0.5) is 4.79 Å². The third-order valence-corrected chi connectivity index (χ3v) is 13.6. The second kappa shape index (κ2) is 17.5. The minimum absolute atomic E-state index is 0.00823. The number of nitrogens with zero attached hydrogens (tertiary/aromatic N) is 6. The highest BCUT2D eigenvalue weighted by atomic mass is 16.7. The Labute approximate surface area is 351 Å². The number of aromatic nitrogens is 3. The maximum Gasteiger partial charge on any atom is 0.411 e. The molecule has 1 N–H and O–H groups in total. The average Bonchev–Trinajstić information content (AvgIpc) is 3.49. The number of aliphatic hydroxyl groups is 1. The number of hydrogen-bond acceptors (Lipinski definition) is 16. The lowest BCUT2D eigenvalue weighted by atomic mass is 9.73. The zero-order valence-electron chi connectivity index (χ0n) is 36.5. The van der Waals surface area contributed by atoms with Crippen LogP contribution in [-0.2, 0) is 49.5 Å². The Balaban J connectivity index is 1.38. The third-order valence-electron chi connectivity index (χ3n) is 13.6. The molecule has 2 aromatic rings. The van der Waals surface area contributed by atoms with Gasteiger partial charge in [-0.25, -0.2) is 14.8 Å². The summed E-state index contributed by atoms with van der Waals surface area (Å²) in [6.07, 6.45) is 0.318. The monoisotopic (exact) mass is 838 g/mol. The van der Waals surface area contributed by atoms with E-state index in [0.717, 1.165) is 0 Å². The summed E-state index contributed by atoms with van der Waals surface area (Å²) >= 11 is 0. The van der Waals surface area contributed by atoms with Crippen LogP contribution in [0.2, 0.25) is 0 Å². The van der Waals surface area contributed by atoms with Gasteiger partial charge in [-0.2, -0.15) is 0 Å². The van der Waals surface area contributed by atoms with Crippen LogP contribution >= 0.6 is 0 Å². The molecule has 60 heavy (non-hydrogen) atoms. The van der Waals surface area contributed by atoms with Gasteiger partial charge >= 0.3 is 12.1 Å². The highest BCUT2D eigenvalue weighted by molar-refractivity contribution is 5.92. The van der Waals surface area contributed by atoms with Crippen LogP contribution < -0.4 is 0 Å². The first-order valence-corrected chi connectivity index (χ1v) is 21.3. The predicted octanol–water partition coefficient (Wildman–Crippen LogP) is 3.93. The van der Waals surface area contributed by atoms with Crippen LogP contribution in [0.3, 0.4) is 0 Å². The van der Waals surface area contributed by atoms with E-state index >= 15 is 0 Å². The van der Waals surface area contributed by atoms with Gasteiger partial charge < -0.3 is 43.3 Å². The average molecular weight is 839 g/mol. The number of carbonyl (C=O) groups is 3. The molecule has 3 unspecified atom stereocenters. The topological polar surface area (TPSA) is 194 Å². The van der Waals surface area contributed by atoms with Crippen molar-refractivity contribution in [3.63, 3.8) is 0 Å². The molecular weight excluding hydrogens is 777 g/mol. The Morgan fingerprint density at radius 2 is 1.75 bits per heavy atom. The summed E-state index contributed by atoms with van der Waals surface area (Å²) in [7, 11) is 3.82. The van der Waals surface area contributed by atoms with Crippen molar-refractivity contribution in [2.45, 2.75) is 141 Å². The first-order chi connectivity index (χ1) is 28.5. The van der Waals surface area contributed by atoms with Crippen LogP contribution in [-0.4, -0.2) is 147 Å². The fraction of sp³-hybridized carbons (Fsp3) is 0.744. The summed E-state index contributed by atoms with van der Waals surface area (Å²) in [5.74, 6) is -4.09. The Kier molecular flexibility index (Phi) is 12.9. The molecule has 5 saturated heterocycles. The van der Waals surface area contributed by atoms with Gasteiger partial charge in [0.25, 0.3) is 0 Å². The third kappa shape index (κ3) is 8.25. The fourth-order valence-electron chi connectivity index (χ4n) is 10.4. The largest absolute Gasteiger partial charge is 0.458 e. The molecule has 5 aliphatic heterocycles. The molecule has 5 fully saturated rings. The van der Waals surface area contributed by atoms with Crippen molar-refractivity contribution in [3.05, 3.63) is 30.2 Å². The summed E-state index contributed by atoms with van der Waals surface area (Å²) < 4.78 is 39.8. The zero-order valence-corrected chi connectivity index (χ0v) is 36.5. The number of ether oxygens (including phenoxy) is 6. The molecule has 0 aromatic carbocycles. The van der Waals surface area contributed by atoms with E-state index in [0.29, 0.717) is 35.3 Å². The van der Waals surface area contributed by atoms with E-state index in [4.69, 9.17) is 38.4 Å². The van der Waals surface area contributed by atoms with Crippen LogP contribution in [0.5, 0.6) is 0 Å². The SMILES string of the molecule is CC[C@H]1OC(=O)[C@H](C)[C@H]2OCC3COC(C)(C[C@@H](C)C(=O)[C@H](C)[C@@H]4N(C/C3=N/OCc3ccnc5nccnc35)C(=O)OC41C)[C@H](O[C@@H]1O[C@H](C)C[C@H](N(C)C)[C@H]1O)[C@H]2C. The molecule has 17 nitrogen and oxygen atoms in total. The Hall–Kier alpha value is -3.87. The number of fused-ring (bicyclic) bond motifs is 6. The van der Waals surface area contributed by atoms with E-state index in [-0.39, 0.29) is 50.7 Å². The highest BCUT2D eigenvalue weighted by Gasteiger charge is 2.61.